The van der Waals surface area contributed by atoms with Gasteiger partial charge in [-0.15, -0.1) is 0 Å². The molecule has 2 aromatic rings. The number of nitrogens with one attached hydrogen (secondary N) is 1. The normalized spacial score (nSPS) is 15.0. The van der Waals surface area contributed by atoms with Crippen LogP contribution in [-0.2, 0) is 26.2 Å². The predicted octanol–water partition coefficient (Wildman–Crippen LogP) is 4.54. The number of anilines is 1. The molecule has 190 valence electrons. The van der Waals surface area contributed by atoms with Crippen molar-refractivity contribution in [3.8, 4) is 0 Å². The first-order valence-electron chi connectivity index (χ1n) is 11.5. The molecule has 2 amide bonds. The van der Waals surface area contributed by atoms with Gasteiger partial charge in [-0.05, 0) is 49.9 Å². The minimum atomic E-state index is -3.89. The first-order chi connectivity index (χ1) is 16.5. The number of halogens is 2. The molecule has 1 N–H and O–H groups in total. The highest BCUT2D eigenvalue weighted by atomic mass is 35.5. The molecule has 0 radical (unpaired) electrons. The molecule has 7 nitrogen and oxygen atoms in total. The number of aryl methyl sites for hydroxylation is 1. The van der Waals surface area contributed by atoms with Crippen molar-refractivity contribution in [2.24, 2.45) is 0 Å². The van der Waals surface area contributed by atoms with Crippen molar-refractivity contribution in [1.29, 1.82) is 0 Å². The average Bonchev–Trinajstić information content (AvgIpc) is 3.30. The summed E-state index contributed by atoms with van der Waals surface area (Å²) in [6, 6.07) is 11.5. The highest BCUT2D eigenvalue weighted by molar-refractivity contribution is 7.92. The van der Waals surface area contributed by atoms with E-state index in [1.807, 2.05) is 31.2 Å². The lowest BCUT2D eigenvalue weighted by atomic mass is 10.1. The molecule has 1 fully saturated rings. The Morgan fingerprint density at radius 2 is 1.74 bits per heavy atom. The maximum atomic E-state index is 13.6. The molecular formula is C25H31Cl2N3O4S. The van der Waals surface area contributed by atoms with Crippen LogP contribution in [0.2, 0.25) is 10.0 Å². The summed E-state index contributed by atoms with van der Waals surface area (Å²) in [7, 11) is -3.89. The summed E-state index contributed by atoms with van der Waals surface area (Å²) in [6.07, 6.45) is 4.96. The van der Waals surface area contributed by atoms with Gasteiger partial charge in [0.15, 0.2) is 0 Å². The van der Waals surface area contributed by atoms with Crippen molar-refractivity contribution < 1.29 is 18.0 Å². The average molecular weight is 541 g/mol. The molecule has 1 aliphatic carbocycles. The molecule has 2 aromatic carbocycles. The lowest BCUT2D eigenvalue weighted by Gasteiger charge is -2.32. The van der Waals surface area contributed by atoms with Crippen molar-refractivity contribution in [2.45, 2.75) is 58.2 Å². The molecule has 3 rings (SSSR count). The molecule has 0 heterocycles. The van der Waals surface area contributed by atoms with Crippen LogP contribution in [-0.4, -0.2) is 50.0 Å². The number of sulfonamides is 1. The van der Waals surface area contributed by atoms with Gasteiger partial charge in [0.25, 0.3) is 0 Å². The molecule has 0 aromatic heterocycles. The summed E-state index contributed by atoms with van der Waals surface area (Å²) in [6.45, 7) is 3.23. The van der Waals surface area contributed by atoms with Gasteiger partial charge in [0.2, 0.25) is 21.8 Å². The number of hydrogen-bond donors (Lipinski definition) is 1. The monoisotopic (exact) mass is 539 g/mol. The number of nitrogens with zero attached hydrogens (tertiary/aromatic N) is 2. The Morgan fingerprint density at radius 1 is 1.09 bits per heavy atom. The number of benzene rings is 2. The molecule has 0 bridgehead atoms. The van der Waals surface area contributed by atoms with E-state index in [2.05, 4.69) is 5.32 Å². The van der Waals surface area contributed by atoms with Gasteiger partial charge in [0.1, 0.15) is 12.6 Å². The zero-order valence-corrected chi connectivity index (χ0v) is 22.5. The van der Waals surface area contributed by atoms with Gasteiger partial charge in [-0.25, -0.2) is 8.42 Å². The van der Waals surface area contributed by atoms with Gasteiger partial charge in [-0.3, -0.25) is 13.9 Å². The molecule has 35 heavy (non-hydrogen) atoms. The van der Waals surface area contributed by atoms with Gasteiger partial charge >= 0.3 is 0 Å². The van der Waals surface area contributed by atoms with Crippen LogP contribution >= 0.6 is 23.2 Å². The molecule has 1 saturated carbocycles. The number of rotatable bonds is 9. The Bertz CT molecular complexity index is 1180. The molecule has 1 aliphatic rings. The Hall–Kier alpha value is -2.29. The molecule has 0 aliphatic heterocycles. The summed E-state index contributed by atoms with van der Waals surface area (Å²) in [5, 5.41) is 3.25. The van der Waals surface area contributed by atoms with Crippen LogP contribution < -0.4 is 9.62 Å². The van der Waals surface area contributed by atoms with E-state index in [9.17, 15) is 18.0 Å². The quantitative estimate of drug-likeness (QED) is 0.506. The number of amides is 2. The Balaban J connectivity index is 1.92. The van der Waals surface area contributed by atoms with E-state index in [1.54, 1.807) is 13.0 Å². The van der Waals surface area contributed by atoms with Gasteiger partial charge in [0, 0.05) is 12.6 Å². The van der Waals surface area contributed by atoms with Gasteiger partial charge in [-0.2, -0.15) is 0 Å². The van der Waals surface area contributed by atoms with Crippen LogP contribution in [0, 0.1) is 6.92 Å². The molecule has 0 unspecified atom stereocenters. The zero-order valence-electron chi connectivity index (χ0n) is 20.1. The second-order valence-electron chi connectivity index (χ2n) is 8.96. The van der Waals surface area contributed by atoms with E-state index in [0.717, 1.165) is 47.4 Å². The molecule has 0 spiro atoms. The lowest BCUT2D eigenvalue weighted by Crippen LogP contribution is -2.52. The molecule has 1 atom stereocenters. The van der Waals surface area contributed by atoms with Crippen molar-refractivity contribution in [3.63, 3.8) is 0 Å². The van der Waals surface area contributed by atoms with Gasteiger partial charge in [-0.1, -0.05) is 66.4 Å². The molecule has 10 heteroatoms. The Morgan fingerprint density at radius 3 is 2.37 bits per heavy atom. The van der Waals surface area contributed by atoms with Crippen molar-refractivity contribution >= 4 is 50.7 Å². The Labute approximate surface area is 217 Å². The van der Waals surface area contributed by atoms with Crippen LogP contribution in [0.25, 0.3) is 0 Å². The van der Waals surface area contributed by atoms with E-state index in [4.69, 9.17) is 23.2 Å². The standard InChI is InChI=1S/C25H31Cl2N3O4S/c1-17-9-4-5-10-19(17)15-29(18(2)25(32)28-20-11-6-7-12-20)23(31)16-30(35(3,33)34)22-14-8-13-21(26)24(22)27/h4-5,8-10,13-14,18,20H,6-7,11-12,15-16H2,1-3H3,(H,28,32)/t18-/m1/s1. The smallest absolute Gasteiger partial charge is 0.244 e. The number of hydrogen-bond acceptors (Lipinski definition) is 4. The van der Waals surface area contributed by atoms with E-state index in [0.29, 0.717) is 0 Å². The second kappa shape index (κ2) is 11.6. The van der Waals surface area contributed by atoms with Crippen molar-refractivity contribution in [1.82, 2.24) is 10.2 Å². The predicted molar refractivity (Wildman–Crippen MR) is 140 cm³/mol. The minimum Gasteiger partial charge on any atom is -0.352 e. The van der Waals surface area contributed by atoms with Crippen LogP contribution in [0.15, 0.2) is 42.5 Å². The maximum Gasteiger partial charge on any atom is 0.244 e. The number of carbonyl (C=O) groups excluding carboxylic acids is 2. The summed E-state index contributed by atoms with van der Waals surface area (Å²) >= 11 is 12.4. The van der Waals surface area contributed by atoms with E-state index < -0.39 is 28.5 Å². The lowest BCUT2D eigenvalue weighted by molar-refractivity contribution is -0.139. The van der Waals surface area contributed by atoms with Crippen LogP contribution in [0.5, 0.6) is 0 Å². The van der Waals surface area contributed by atoms with Crippen LogP contribution in [0.4, 0.5) is 5.69 Å². The van der Waals surface area contributed by atoms with E-state index >= 15 is 0 Å². The highest BCUT2D eigenvalue weighted by Crippen LogP contribution is 2.33. The first-order valence-corrected chi connectivity index (χ1v) is 14.2. The van der Waals surface area contributed by atoms with Crippen LogP contribution in [0.3, 0.4) is 0 Å². The zero-order chi connectivity index (χ0) is 25.8. The third-order valence-corrected chi connectivity index (χ3v) is 8.29. The van der Waals surface area contributed by atoms with E-state index in [-0.39, 0.29) is 34.2 Å². The van der Waals surface area contributed by atoms with Gasteiger partial charge < -0.3 is 10.2 Å². The first kappa shape index (κ1) is 27.3. The third kappa shape index (κ3) is 6.90. The fraction of sp³-hybridized carbons (Fsp3) is 0.440. The van der Waals surface area contributed by atoms with E-state index in [1.165, 1.54) is 17.0 Å². The highest BCUT2D eigenvalue weighted by Gasteiger charge is 2.32. The number of carbonyl (C=O) groups is 2. The minimum absolute atomic E-state index is 0.0323. The summed E-state index contributed by atoms with van der Waals surface area (Å²) in [4.78, 5) is 28.1. The third-order valence-electron chi connectivity index (χ3n) is 6.35. The van der Waals surface area contributed by atoms with Crippen molar-refractivity contribution in [3.05, 3.63) is 63.6 Å². The topological polar surface area (TPSA) is 86.8 Å². The maximum absolute atomic E-state index is 13.6. The molecular weight excluding hydrogens is 509 g/mol. The second-order valence-corrected chi connectivity index (χ2v) is 11.6. The Kier molecular flexibility index (Phi) is 9.07. The SMILES string of the molecule is Cc1ccccc1CN(C(=O)CN(c1cccc(Cl)c1Cl)S(C)(=O)=O)[C@H](C)C(=O)NC1CCCC1. The fourth-order valence-corrected chi connectivity index (χ4v) is 5.53. The summed E-state index contributed by atoms with van der Waals surface area (Å²) < 4.78 is 26.3. The van der Waals surface area contributed by atoms with Crippen LogP contribution in [0.1, 0.15) is 43.7 Å². The largest absolute Gasteiger partial charge is 0.352 e. The fourth-order valence-electron chi connectivity index (χ4n) is 4.23. The van der Waals surface area contributed by atoms with Gasteiger partial charge in [0.05, 0.1) is 22.0 Å². The molecule has 0 saturated heterocycles. The summed E-state index contributed by atoms with van der Waals surface area (Å²) in [5.74, 6) is -0.783. The summed E-state index contributed by atoms with van der Waals surface area (Å²) in [5.41, 5.74) is 1.94. The van der Waals surface area contributed by atoms with Crippen molar-refractivity contribution in [2.75, 3.05) is 17.1 Å².